The molecule has 2 heterocycles. The Hall–Kier alpha value is -3.68. The fourth-order valence-electron chi connectivity index (χ4n) is 3.51. The molecule has 0 saturated carbocycles. The molecule has 0 spiro atoms. The zero-order valence-corrected chi connectivity index (χ0v) is 16.7. The standard InChI is InChI=1S/C21H22N4O4/c1-24-17-6-5-13(27-2)10-16(17)23-21(24)19-18(26)11-25(20(19)22)12-7-14(28-3)9-15(8-12)29-4/h5-10,22,26H,11H2,1-4H3. The number of aliphatic hydroxyl groups excluding tert-OH is 1. The normalized spacial score (nSPS) is 14.1. The van der Waals surface area contributed by atoms with Crippen LogP contribution >= 0.6 is 0 Å². The molecule has 2 N–H and O–H groups in total. The number of rotatable bonds is 5. The van der Waals surface area contributed by atoms with Crippen molar-refractivity contribution in [3.05, 3.63) is 48.0 Å². The second-order valence-corrected chi connectivity index (χ2v) is 6.68. The van der Waals surface area contributed by atoms with Crippen molar-refractivity contribution in [3.8, 4) is 17.2 Å². The zero-order chi connectivity index (χ0) is 20.7. The fraction of sp³-hybridized carbons (Fsp3) is 0.238. The Bertz CT molecular complexity index is 1130. The topological polar surface area (TPSA) is 92.8 Å². The molecule has 150 valence electrons. The van der Waals surface area contributed by atoms with E-state index in [0.29, 0.717) is 34.3 Å². The fourth-order valence-corrected chi connectivity index (χ4v) is 3.51. The monoisotopic (exact) mass is 394 g/mol. The minimum absolute atomic E-state index is 0.0853. The van der Waals surface area contributed by atoms with Crippen LogP contribution in [-0.4, -0.2) is 48.4 Å². The molecule has 0 bridgehead atoms. The first-order chi connectivity index (χ1) is 14.0. The SMILES string of the molecule is COc1cc(OC)cc(N2CC(O)=C(c3nc4cc(OC)ccc4n3C)C2=N)c1. The summed E-state index contributed by atoms with van der Waals surface area (Å²) in [6, 6.07) is 11.0. The van der Waals surface area contributed by atoms with E-state index in [-0.39, 0.29) is 18.1 Å². The van der Waals surface area contributed by atoms with E-state index in [1.54, 1.807) is 44.4 Å². The van der Waals surface area contributed by atoms with Gasteiger partial charge < -0.3 is 28.8 Å². The second kappa shape index (κ2) is 7.05. The summed E-state index contributed by atoms with van der Waals surface area (Å²) in [6.45, 7) is 0.164. The summed E-state index contributed by atoms with van der Waals surface area (Å²) in [6.07, 6.45) is 0. The molecule has 0 saturated heterocycles. The molecule has 4 rings (SSSR count). The van der Waals surface area contributed by atoms with Gasteiger partial charge in [-0.05, 0) is 12.1 Å². The van der Waals surface area contributed by atoms with Gasteiger partial charge in [0.1, 0.15) is 34.7 Å². The van der Waals surface area contributed by atoms with Crippen molar-refractivity contribution < 1.29 is 19.3 Å². The van der Waals surface area contributed by atoms with Crippen molar-refractivity contribution >= 4 is 28.1 Å². The van der Waals surface area contributed by atoms with Crippen molar-refractivity contribution in [1.82, 2.24) is 9.55 Å². The summed E-state index contributed by atoms with van der Waals surface area (Å²) in [4.78, 5) is 6.34. The molecule has 8 heteroatoms. The maximum Gasteiger partial charge on any atom is 0.148 e. The maximum atomic E-state index is 10.7. The van der Waals surface area contributed by atoms with Gasteiger partial charge in [-0.3, -0.25) is 5.41 Å². The number of aromatic nitrogens is 2. The number of benzene rings is 2. The molecule has 1 aliphatic rings. The lowest BCUT2D eigenvalue weighted by Gasteiger charge is -2.20. The third-order valence-corrected chi connectivity index (χ3v) is 5.06. The molecule has 1 aliphatic heterocycles. The number of hydrogen-bond donors (Lipinski definition) is 2. The van der Waals surface area contributed by atoms with Crippen molar-refractivity contribution in [3.63, 3.8) is 0 Å². The van der Waals surface area contributed by atoms with E-state index < -0.39 is 0 Å². The number of ether oxygens (including phenoxy) is 3. The number of anilines is 1. The van der Waals surface area contributed by atoms with E-state index in [9.17, 15) is 5.11 Å². The summed E-state index contributed by atoms with van der Waals surface area (Å²) < 4.78 is 17.8. The minimum atomic E-state index is 0.0853. The number of aliphatic hydroxyl groups is 1. The number of amidine groups is 1. The van der Waals surface area contributed by atoms with Gasteiger partial charge in [0.25, 0.3) is 0 Å². The molecule has 2 aromatic carbocycles. The van der Waals surface area contributed by atoms with Gasteiger partial charge in [0, 0.05) is 31.3 Å². The highest BCUT2D eigenvalue weighted by molar-refractivity contribution is 6.30. The Morgan fingerprint density at radius 3 is 2.24 bits per heavy atom. The number of aryl methyl sites for hydroxylation is 1. The van der Waals surface area contributed by atoms with Crippen molar-refractivity contribution in [2.24, 2.45) is 7.05 Å². The second-order valence-electron chi connectivity index (χ2n) is 6.68. The van der Waals surface area contributed by atoms with Crippen LogP contribution in [0.15, 0.2) is 42.2 Å². The molecular weight excluding hydrogens is 372 g/mol. The van der Waals surface area contributed by atoms with E-state index >= 15 is 0 Å². The van der Waals surface area contributed by atoms with Gasteiger partial charge in [-0.15, -0.1) is 0 Å². The Morgan fingerprint density at radius 2 is 1.62 bits per heavy atom. The summed E-state index contributed by atoms with van der Waals surface area (Å²) in [7, 11) is 6.61. The van der Waals surface area contributed by atoms with Gasteiger partial charge in [0.2, 0.25) is 0 Å². The average Bonchev–Trinajstić information content (AvgIpc) is 3.22. The number of nitrogens with zero attached hydrogens (tertiary/aromatic N) is 3. The summed E-state index contributed by atoms with van der Waals surface area (Å²) in [5.74, 6) is 2.68. The summed E-state index contributed by atoms with van der Waals surface area (Å²) in [5, 5.41) is 19.4. The van der Waals surface area contributed by atoms with Gasteiger partial charge in [-0.25, -0.2) is 4.98 Å². The van der Waals surface area contributed by atoms with Crippen LogP contribution in [0.5, 0.6) is 17.2 Å². The van der Waals surface area contributed by atoms with Crippen LogP contribution in [0.4, 0.5) is 5.69 Å². The first-order valence-electron chi connectivity index (χ1n) is 8.99. The molecule has 0 amide bonds. The Morgan fingerprint density at radius 1 is 0.966 bits per heavy atom. The lowest BCUT2D eigenvalue weighted by atomic mass is 10.2. The summed E-state index contributed by atoms with van der Waals surface area (Å²) >= 11 is 0. The maximum absolute atomic E-state index is 10.7. The Kier molecular flexibility index (Phi) is 4.54. The lowest BCUT2D eigenvalue weighted by Crippen LogP contribution is -2.26. The van der Waals surface area contributed by atoms with Gasteiger partial charge in [-0.2, -0.15) is 0 Å². The van der Waals surface area contributed by atoms with Crippen LogP contribution in [0.3, 0.4) is 0 Å². The molecule has 0 atom stereocenters. The molecular formula is C21H22N4O4. The number of imidazole rings is 1. The molecule has 0 aliphatic carbocycles. The summed E-state index contributed by atoms with van der Waals surface area (Å²) in [5.41, 5.74) is 2.70. The molecule has 0 fully saturated rings. The molecule has 1 aromatic heterocycles. The van der Waals surface area contributed by atoms with E-state index in [1.165, 1.54) is 0 Å². The van der Waals surface area contributed by atoms with E-state index in [4.69, 9.17) is 19.6 Å². The third kappa shape index (κ3) is 3.02. The van der Waals surface area contributed by atoms with Crippen molar-refractivity contribution in [2.45, 2.75) is 0 Å². The lowest BCUT2D eigenvalue weighted by molar-refractivity contribution is 0.394. The van der Waals surface area contributed by atoms with Crippen LogP contribution in [-0.2, 0) is 7.05 Å². The van der Waals surface area contributed by atoms with Crippen LogP contribution in [0.25, 0.3) is 16.6 Å². The third-order valence-electron chi connectivity index (χ3n) is 5.06. The zero-order valence-electron chi connectivity index (χ0n) is 16.7. The van der Waals surface area contributed by atoms with Gasteiger partial charge in [-0.1, -0.05) is 0 Å². The van der Waals surface area contributed by atoms with E-state index in [2.05, 4.69) is 4.98 Å². The van der Waals surface area contributed by atoms with Gasteiger partial charge >= 0.3 is 0 Å². The van der Waals surface area contributed by atoms with Crippen LogP contribution < -0.4 is 19.1 Å². The molecule has 8 nitrogen and oxygen atoms in total. The van der Waals surface area contributed by atoms with Crippen LogP contribution in [0, 0.1) is 5.41 Å². The van der Waals surface area contributed by atoms with Crippen molar-refractivity contribution in [2.75, 3.05) is 32.8 Å². The minimum Gasteiger partial charge on any atom is -0.509 e. The number of nitrogens with one attached hydrogen (secondary N) is 1. The molecule has 0 radical (unpaired) electrons. The van der Waals surface area contributed by atoms with Gasteiger partial charge in [0.15, 0.2) is 0 Å². The highest BCUT2D eigenvalue weighted by Gasteiger charge is 2.32. The predicted octanol–water partition coefficient (Wildman–Crippen LogP) is 3.37. The first-order valence-corrected chi connectivity index (χ1v) is 8.99. The molecule has 3 aromatic rings. The number of methoxy groups -OCH3 is 3. The Balaban J connectivity index is 1.76. The number of hydrogen-bond acceptors (Lipinski definition) is 6. The smallest absolute Gasteiger partial charge is 0.148 e. The van der Waals surface area contributed by atoms with E-state index in [0.717, 1.165) is 11.0 Å². The molecule has 29 heavy (non-hydrogen) atoms. The average molecular weight is 394 g/mol. The van der Waals surface area contributed by atoms with Crippen LogP contribution in [0.1, 0.15) is 5.82 Å². The highest BCUT2D eigenvalue weighted by atomic mass is 16.5. The number of fused-ring (bicyclic) bond motifs is 1. The first kappa shape index (κ1) is 18.7. The van der Waals surface area contributed by atoms with Crippen LogP contribution in [0.2, 0.25) is 0 Å². The van der Waals surface area contributed by atoms with Crippen molar-refractivity contribution in [1.29, 1.82) is 5.41 Å². The van der Waals surface area contributed by atoms with E-state index in [1.807, 2.05) is 29.8 Å². The quantitative estimate of drug-likeness (QED) is 0.689. The van der Waals surface area contributed by atoms with Gasteiger partial charge in [0.05, 0.1) is 50.2 Å². The largest absolute Gasteiger partial charge is 0.509 e. The molecule has 0 unspecified atom stereocenters. The predicted molar refractivity (Wildman–Crippen MR) is 111 cm³/mol. The Labute approximate surface area is 168 Å². The highest BCUT2D eigenvalue weighted by Crippen LogP contribution is 2.35.